The summed E-state index contributed by atoms with van der Waals surface area (Å²) < 4.78 is 47.5. The van der Waals surface area contributed by atoms with Gasteiger partial charge in [0.25, 0.3) is 11.1 Å². The van der Waals surface area contributed by atoms with Crippen molar-refractivity contribution in [1.82, 2.24) is 20.9 Å². The lowest BCUT2D eigenvalue weighted by Gasteiger charge is -2.31. The molecule has 0 bridgehead atoms. The second kappa shape index (κ2) is 7.93. The van der Waals surface area contributed by atoms with Crippen molar-refractivity contribution in [2.24, 2.45) is 5.10 Å². The molecule has 2 N–H and O–H groups in total. The van der Waals surface area contributed by atoms with E-state index in [1.807, 2.05) is 0 Å². The van der Waals surface area contributed by atoms with Crippen molar-refractivity contribution in [2.45, 2.75) is 42.2 Å². The van der Waals surface area contributed by atoms with Gasteiger partial charge < -0.3 is 9.73 Å². The van der Waals surface area contributed by atoms with E-state index in [1.54, 1.807) is 0 Å². The van der Waals surface area contributed by atoms with E-state index in [-0.39, 0.29) is 50.1 Å². The van der Waals surface area contributed by atoms with E-state index >= 15 is 0 Å². The predicted molar refractivity (Wildman–Crippen MR) is 105 cm³/mol. The van der Waals surface area contributed by atoms with Gasteiger partial charge in [-0.15, -0.1) is 10.2 Å². The molecule has 4 rings (SSSR count). The molecule has 0 spiro atoms. The number of benzene rings is 1. The van der Waals surface area contributed by atoms with Crippen LogP contribution in [0.5, 0.6) is 0 Å². The van der Waals surface area contributed by atoms with Gasteiger partial charge in [-0.3, -0.25) is 10.2 Å². The van der Waals surface area contributed by atoms with E-state index in [2.05, 4.69) is 26.0 Å². The number of alkyl halides is 3. The Kier molecular flexibility index (Phi) is 5.62. The van der Waals surface area contributed by atoms with Crippen molar-refractivity contribution in [3.63, 3.8) is 0 Å². The van der Waals surface area contributed by atoms with E-state index in [1.165, 1.54) is 18.2 Å². The largest absolute Gasteiger partial charge is 0.417 e. The maximum absolute atomic E-state index is 14.0. The van der Waals surface area contributed by atoms with Gasteiger partial charge in [-0.05, 0) is 36.6 Å². The summed E-state index contributed by atoms with van der Waals surface area (Å²) in [7, 11) is 0. The van der Waals surface area contributed by atoms with Crippen LogP contribution in [0.3, 0.4) is 0 Å². The number of hydrazone groups is 1. The molecular formula is C17H14Cl2F3N5O2S. The Hall–Kier alpha value is -1.98. The number of hydrogen-bond acceptors (Lipinski definition) is 7. The van der Waals surface area contributed by atoms with Crippen molar-refractivity contribution in [2.75, 3.05) is 5.75 Å². The molecule has 2 aromatic rings. The zero-order valence-electron chi connectivity index (χ0n) is 15.1. The van der Waals surface area contributed by atoms with Crippen LogP contribution in [-0.4, -0.2) is 39.8 Å². The monoisotopic (exact) mass is 479 g/mol. The van der Waals surface area contributed by atoms with E-state index in [0.717, 1.165) is 24.6 Å². The molecule has 30 heavy (non-hydrogen) atoms. The van der Waals surface area contributed by atoms with Gasteiger partial charge in [0, 0.05) is 22.5 Å². The summed E-state index contributed by atoms with van der Waals surface area (Å²) in [5, 5.41) is 14.3. The molecule has 1 unspecified atom stereocenters. The van der Waals surface area contributed by atoms with Crippen molar-refractivity contribution in [3.05, 3.63) is 39.7 Å². The van der Waals surface area contributed by atoms with Crippen LogP contribution in [0.4, 0.5) is 13.2 Å². The molecule has 160 valence electrons. The molecule has 1 aliphatic heterocycles. The fourth-order valence-electron chi connectivity index (χ4n) is 2.92. The van der Waals surface area contributed by atoms with Gasteiger partial charge in [-0.25, -0.2) is 0 Å². The number of carbonyl (C=O) groups excluding carboxylic acids is 1. The van der Waals surface area contributed by atoms with Crippen LogP contribution in [0.15, 0.2) is 32.9 Å². The average molecular weight is 480 g/mol. The topological polar surface area (TPSA) is 92.4 Å². The Morgan fingerprint density at radius 3 is 2.60 bits per heavy atom. The van der Waals surface area contributed by atoms with Crippen molar-refractivity contribution >= 4 is 46.6 Å². The Morgan fingerprint density at radius 1 is 1.27 bits per heavy atom. The summed E-state index contributed by atoms with van der Waals surface area (Å²) in [5.74, 6) is -0.265. The standard InChI is InChI=1S/C17H14Cl2F3N5O2S/c18-9-3-8(4-10(19)5-9)16(17(20,21)22)6-12(24-27-16)14-25-26-15(29-14)30-7-13(28)23-11-1-2-11/h3-5,11,27H,1-2,6-7H2,(H,23,28). The lowest BCUT2D eigenvalue weighted by molar-refractivity contribution is -0.196. The molecule has 1 fully saturated rings. The molecular weight excluding hydrogens is 466 g/mol. The zero-order chi connectivity index (χ0) is 21.5. The number of carbonyl (C=O) groups is 1. The molecule has 1 amide bonds. The first-order valence-corrected chi connectivity index (χ1v) is 10.5. The van der Waals surface area contributed by atoms with Gasteiger partial charge in [-0.2, -0.15) is 18.3 Å². The number of nitrogens with one attached hydrogen (secondary N) is 2. The summed E-state index contributed by atoms with van der Waals surface area (Å²) >= 11 is 12.8. The molecule has 1 aromatic heterocycles. The molecule has 0 saturated heterocycles. The van der Waals surface area contributed by atoms with Gasteiger partial charge in [0.05, 0.1) is 5.75 Å². The van der Waals surface area contributed by atoms with Crippen LogP contribution >= 0.6 is 35.0 Å². The number of aromatic nitrogens is 2. The third-order valence-corrected chi connectivity index (χ3v) is 5.83. The molecule has 1 aromatic carbocycles. The van der Waals surface area contributed by atoms with E-state index < -0.39 is 18.1 Å². The molecule has 2 aliphatic rings. The van der Waals surface area contributed by atoms with Crippen molar-refractivity contribution < 1.29 is 22.4 Å². The summed E-state index contributed by atoms with van der Waals surface area (Å²) in [4.78, 5) is 11.7. The Morgan fingerprint density at radius 2 is 1.97 bits per heavy atom. The Bertz CT molecular complexity index is 991. The second-order valence-electron chi connectivity index (χ2n) is 6.91. The van der Waals surface area contributed by atoms with Gasteiger partial charge in [-0.1, -0.05) is 35.0 Å². The van der Waals surface area contributed by atoms with Gasteiger partial charge >= 0.3 is 6.18 Å². The van der Waals surface area contributed by atoms with Gasteiger partial charge in [0.2, 0.25) is 5.91 Å². The highest BCUT2D eigenvalue weighted by Gasteiger charge is 2.59. The normalized spacial score (nSPS) is 21.3. The summed E-state index contributed by atoms with van der Waals surface area (Å²) in [6, 6.07) is 3.93. The highest BCUT2D eigenvalue weighted by Crippen LogP contribution is 2.46. The maximum Gasteiger partial charge on any atom is 0.417 e. The minimum atomic E-state index is -4.72. The molecule has 1 saturated carbocycles. The summed E-state index contributed by atoms with van der Waals surface area (Å²) in [6.45, 7) is 0. The van der Waals surface area contributed by atoms with Crippen LogP contribution in [0.25, 0.3) is 0 Å². The highest BCUT2D eigenvalue weighted by molar-refractivity contribution is 7.99. The minimum absolute atomic E-state index is 0.0638. The molecule has 1 aliphatic carbocycles. The van der Waals surface area contributed by atoms with Crippen LogP contribution in [0, 0.1) is 0 Å². The van der Waals surface area contributed by atoms with Crippen LogP contribution in [0.2, 0.25) is 10.0 Å². The molecule has 0 radical (unpaired) electrons. The predicted octanol–water partition coefficient (Wildman–Crippen LogP) is 3.90. The third kappa shape index (κ3) is 4.37. The Labute approximate surface area is 182 Å². The minimum Gasteiger partial charge on any atom is -0.410 e. The smallest absolute Gasteiger partial charge is 0.410 e. The number of hydrogen-bond donors (Lipinski definition) is 2. The van der Waals surface area contributed by atoms with E-state index in [9.17, 15) is 18.0 Å². The lowest BCUT2D eigenvalue weighted by atomic mass is 9.85. The second-order valence-corrected chi connectivity index (χ2v) is 8.71. The lowest BCUT2D eigenvalue weighted by Crippen LogP contribution is -2.49. The third-order valence-electron chi connectivity index (χ3n) is 4.58. The van der Waals surface area contributed by atoms with E-state index in [4.69, 9.17) is 27.6 Å². The number of rotatable bonds is 6. The fraction of sp³-hybridized carbons (Fsp3) is 0.412. The molecule has 2 heterocycles. The number of amides is 1. The summed E-state index contributed by atoms with van der Waals surface area (Å²) in [5.41, 5.74) is -0.622. The van der Waals surface area contributed by atoms with Crippen LogP contribution in [-0.2, 0) is 10.3 Å². The quantitative estimate of drug-likeness (QED) is 0.610. The fourth-order valence-corrected chi connectivity index (χ4v) is 4.02. The first-order valence-electron chi connectivity index (χ1n) is 8.79. The zero-order valence-corrected chi connectivity index (χ0v) is 17.4. The van der Waals surface area contributed by atoms with Gasteiger partial charge in [0.15, 0.2) is 5.54 Å². The molecule has 7 nitrogen and oxygen atoms in total. The molecule has 1 atom stereocenters. The first-order chi connectivity index (χ1) is 14.2. The summed E-state index contributed by atoms with van der Waals surface area (Å²) in [6.07, 6.45) is -3.38. The molecule has 13 heteroatoms. The van der Waals surface area contributed by atoms with Crippen LogP contribution < -0.4 is 10.7 Å². The van der Waals surface area contributed by atoms with Crippen molar-refractivity contribution in [1.29, 1.82) is 0 Å². The number of thioether (sulfide) groups is 1. The SMILES string of the molecule is O=C(CSc1nnc(C2=NNC(c3cc(Cl)cc(Cl)c3)(C(F)(F)F)C2)o1)NC1CC1. The van der Waals surface area contributed by atoms with Gasteiger partial charge in [0.1, 0.15) is 5.71 Å². The Balaban J connectivity index is 1.50. The van der Waals surface area contributed by atoms with Crippen molar-refractivity contribution in [3.8, 4) is 0 Å². The highest BCUT2D eigenvalue weighted by atomic mass is 35.5. The average Bonchev–Trinajstić information content (AvgIpc) is 3.17. The van der Waals surface area contributed by atoms with E-state index in [0.29, 0.717) is 0 Å². The maximum atomic E-state index is 14.0. The first kappa shape index (κ1) is 21.3. The number of halogens is 5. The number of nitrogens with zero attached hydrogens (tertiary/aromatic N) is 3. The van der Waals surface area contributed by atoms with Crippen LogP contribution in [0.1, 0.15) is 30.7 Å².